The Morgan fingerprint density at radius 3 is 1.64 bits per heavy atom. The summed E-state index contributed by atoms with van der Waals surface area (Å²) in [6, 6.07) is 1.50. The lowest BCUT2D eigenvalue weighted by molar-refractivity contribution is -0.143. The van der Waals surface area contributed by atoms with E-state index in [9.17, 15) is 9.59 Å². The summed E-state index contributed by atoms with van der Waals surface area (Å²) in [6.45, 7) is 10.4. The normalized spacial score (nSPS) is 11.7. The van der Waals surface area contributed by atoms with Gasteiger partial charge in [0.1, 0.15) is 0 Å². The fourth-order valence-electron chi connectivity index (χ4n) is 4.10. The van der Waals surface area contributed by atoms with Crippen LogP contribution >= 0.6 is 0 Å². The quantitative estimate of drug-likeness (QED) is 0.163. The minimum Gasteiger partial charge on any atom is -0.420 e. The predicted molar refractivity (Wildman–Crippen MR) is 140 cm³/mol. The SMILES string of the molecule is CCCCCCCCCCCCCCCCCCn1ccc(=O)c(OC(=O)C(C)(C)C)c1C. The standard InChI is InChI=1S/C29H51NO3/c1-6-7-8-9-10-11-12-13-14-15-16-17-18-19-20-21-23-30-24-22-26(31)27(25(30)2)33-28(32)29(3,4)5/h22,24H,6-21,23H2,1-5H3. The Labute approximate surface area is 203 Å². The van der Waals surface area contributed by atoms with E-state index in [0.29, 0.717) is 0 Å². The molecule has 0 saturated heterocycles. The van der Waals surface area contributed by atoms with Crippen molar-refractivity contribution in [3.05, 3.63) is 28.2 Å². The topological polar surface area (TPSA) is 48.3 Å². The summed E-state index contributed by atoms with van der Waals surface area (Å²) in [6.07, 6.45) is 23.5. The molecule has 4 heteroatoms. The van der Waals surface area contributed by atoms with E-state index in [-0.39, 0.29) is 17.1 Å². The highest BCUT2D eigenvalue weighted by Crippen LogP contribution is 2.20. The van der Waals surface area contributed by atoms with Gasteiger partial charge < -0.3 is 9.30 Å². The van der Waals surface area contributed by atoms with E-state index in [0.717, 1.165) is 18.7 Å². The molecule has 0 N–H and O–H groups in total. The number of nitrogens with zero attached hydrogens (tertiary/aromatic N) is 1. The molecule has 33 heavy (non-hydrogen) atoms. The van der Waals surface area contributed by atoms with Crippen molar-refractivity contribution in [1.82, 2.24) is 4.57 Å². The van der Waals surface area contributed by atoms with Crippen LogP contribution in [-0.4, -0.2) is 10.5 Å². The molecule has 1 aromatic rings. The first-order valence-corrected chi connectivity index (χ1v) is 13.7. The van der Waals surface area contributed by atoms with E-state index in [4.69, 9.17) is 4.74 Å². The average Bonchev–Trinajstić information content (AvgIpc) is 2.76. The van der Waals surface area contributed by atoms with E-state index < -0.39 is 5.41 Å². The molecule has 0 unspecified atom stereocenters. The fourth-order valence-corrected chi connectivity index (χ4v) is 4.10. The minimum absolute atomic E-state index is 0.175. The number of aryl methyl sites for hydroxylation is 1. The predicted octanol–water partition coefficient (Wildman–Crippen LogP) is 8.37. The van der Waals surface area contributed by atoms with Crippen molar-refractivity contribution in [2.75, 3.05) is 0 Å². The first-order valence-electron chi connectivity index (χ1n) is 13.7. The van der Waals surface area contributed by atoms with Crippen molar-refractivity contribution < 1.29 is 9.53 Å². The van der Waals surface area contributed by atoms with Gasteiger partial charge in [0.05, 0.1) is 11.1 Å². The molecule has 190 valence electrons. The summed E-state index contributed by atoms with van der Waals surface area (Å²) in [5, 5.41) is 0. The molecule has 1 heterocycles. The maximum absolute atomic E-state index is 12.2. The first kappa shape index (κ1) is 29.5. The Kier molecular flexibility index (Phi) is 15.1. The van der Waals surface area contributed by atoms with Gasteiger partial charge in [-0.1, -0.05) is 103 Å². The molecule has 0 aliphatic rings. The number of rotatable bonds is 18. The number of aromatic nitrogens is 1. The van der Waals surface area contributed by atoms with Gasteiger partial charge in [-0.3, -0.25) is 9.59 Å². The highest BCUT2D eigenvalue weighted by atomic mass is 16.5. The zero-order valence-electron chi connectivity index (χ0n) is 22.3. The van der Waals surface area contributed by atoms with Crippen molar-refractivity contribution in [2.45, 2.75) is 144 Å². The van der Waals surface area contributed by atoms with Crippen molar-refractivity contribution in [3.63, 3.8) is 0 Å². The van der Waals surface area contributed by atoms with Gasteiger partial charge in [0.15, 0.2) is 5.75 Å². The van der Waals surface area contributed by atoms with E-state index >= 15 is 0 Å². The molecule has 0 amide bonds. The number of ether oxygens (including phenoxy) is 1. The van der Waals surface area contributed by atoms with Crippen LogP contribution in [0.4, 0.5) is 0 Å². The van der Waals surface area contributed by atoms with E-state index in [1.807, 2.05) is 17.7 Å². The highest BCUT2D eigenvalue weighted by Gasteiger charge is 2.25. The summed E-state index contributed by atoms with van der Waals surface area (Å²) < 4.78 is 7.48. The van der Waals surface area contributed by atoms with E-state index in [1.165, 1.54) is 102 Å². The van der Waals surface area contributed by atoms with Gasteiger partial charge >= 0.3 is 5.97 Å². The lowest BCUT2D eigenvalue weighted by atomic mass is 9.97. The van der Waals surface area contributed by atoms with Crippen LogP contribution in [0.5, 0.6) is 5.75 Å². The number of pyridine rings is 1. The summed E-state index contributed by atoms with van der Waals surface area (Å²) in [5.74, 6) is -0.197. The molecule has 1 rings (SSSR count). The Hall–Kier alpha value is -1.58. The van der Waals surface area contributed by atoms with Gasteiger partial charge in [-0.15, -0.1) is 0 Å². The fraction of sp³-hybridized carbons (Fsp3) is 0.793. The third kappa shape index (κ3) is 13.0. The maximum Gasteiger partial charge on any atom is 0.316 e. The Balaban J connectivity index is 2.11. The lowest BCUT2D eigenvalue weighted by Crippen LogP contribution is -2.28. The van der Waals surface area contributed by atoms with E-state index in [1.54, 1.807) is 20.8 Å². The summed E-state index contributed by atoms with van der Waals surface area (Å²) in [4.78, 5) is 24.4. The monoisotopic (exact) mass is 461 g/mol. The van der Waals surface area contributed by atoms with Crippen LogP contribution in [-0.2, 0) is 11.3 Å². The van der Waals surface area contributed by atoms with Crippen LogP contribution in [0.15, 0.2) is 17.1 Å². The zero-order chi connectivity index (χ0) is 24.5. The van der Waals surface area contributed by atoms with Gasteiger partial charge in [-0.25, -0.2) is 0 Å². The third-order valence-corrected chi connectivity index (χ3v) is 6.45. The van der Waals surface area contributed by atoms with Gasteiger partial charge in [0, 0.05) is 18.8 Å². The van der Waals surface area contributed by atoms with Gasteiger partial charge in [0.25, 0.3) is 0 Å². The summed E-state index contributed by atoms with van der Waals surface area (Å²) >= 11 is 0. The zero-order valence-corrected chi connectivity index (χ0v) is 22.3. The number of carbonyl (C=O) groups excluding carboxylic acids is 1. The van der Waals surface area contributed by atoms with Crippen LogP contribution < -0.4 is 10.2 Å². The second kappa shape index (κ2) is 16.9. The number of carbonyl (C=O) groups is 1. The van der Waals surface area contributed by atoms with Crippen LogP contribution in [0, 0.1) is 12.3 Å². The van der Waals surface area contributed by atoms with Crippen molar-refractivity contribution in [1.29, 1.82) is 0 Å². The van der Waals surface area contributed by atoms with Crippen molar-refractivity contribution in [2.24, 2.45) is 5.41 Å². The highest BCUT2D eigenvalue weighted by molar-refractivity contribution is 5.78. The van der Waals surface area contributed by atoms with Gasteiger partial charge in [-0.2, -0.15) is 0 Å². The van der Waals surface area contributed by atoms with Crippen LogP contribution in [0.25, 0.3) is 0 Å². The summed E-state index contributed by atoms with van der Waals surface area (Å²) in [5.41, 5.74) is -0.123. The molecule has 1 aromatic heterocycles. The second-order valence-corrected chi connectivity index (χ2v) is 10.7. The number of hydrogen-bond acceptors (Lipinski definition) is 3. The minimum atomic E-state index is -0.632. The number of esters is 1. The molecule has 0 aliphatic heterocycles. The molecular formula is C29H51NO3. The molecule has 0 fully saturated rings. The molecule has 0 spiro atoms. The molecule has 4 nitrogen and oxygen atoms in total. The molecule has 0 atom stereocenters. The Bertz CT molecular complexity index is 715. The van der Waals surface area contributed by atoms with Crippen molar-refractivity contribution >= 4 is 5.97 Å². The summed E-state index contributed by atoms with van der Waals surface area (Å²) in [7, 11) is 0. The molecule has 0 saturated carbocycles. The third-order valence-electron chi connectivity index (χ3n) is 6.45. The molecule has 0 radical (unpaired) electrons. The van der Waals surface area contributed by atoms with E-state index in [2.05, 4.69) is 6.92 Å². The first-order chi connectivity index (χ1) is 15.8. The van der Waals surface area contributed by atoms with Crippen LogP contribution in [0.1, 0.15) is 136 Å². The molecular weight excluding hydrogens is 410 g/mol. The Morgan fingerprint density at radius 2 is 1.21 bits per heavy atom. The maximum atomic E-state index is 12.2. The van der Waals surface area contributed by atoms with Crippen LogP contribution in [0.2, 0.25) is 0 Å². The molecule has 0 aromatic carbocycles. The smallest absolute Gasteiger partial charge is 0.316 e. The average molecular weight is 462 g/mol. The van der Waals surface area contributed by atoms with Gasteiger partial charge in [0.2, 0.25) is 5.43 Å². The largest absolute Gasteiger partial charge is 0.420 e. The van der Waals surface area contributed by atoms with Gasteiger partial charge in [-0.05, 0) is 34.1 Å². The Morgan fingerprint density at radius 1 is 0.788 bits per heavy atom. The molecule has 0 bridgehead atoms. The van der Waals surface area contributed by atoms with Crippen LogP contribution in [0.3, 0.4) is 0 Å². The second-order valence-electron chi connectivity index (χ2n) is 10.7. The lowest BCUT2D eigenvalue weighted by Gasteiger charge is -2.19. The molecule has 0 aliphatic carbocycles. The number of hydrogen-bond donors (Lipinski definition) is 0. The van der Waals surface area contributed by atoms with Crippen molar-refractivity contribution in [3.8, 4) is 5.75 Å². The number of unbranched alkanes of at least 4 members (excludes halogenated alkanes) is 15.